The van der Waals surface area contributed by atoms with E-state index in [1.54, 1.807) is 0 Å². The van der Waals surface area contributed by atoms with Gasteiger partial charge in [-0.05, 0) is 30.3 Å². The van der Waals surface area contributed by atoms with Crippen molar-refractivity contribution in [2.45, 2.75) is 17.4 Å². The molecule has 32 heavy (non-hydrogen) atoms. The number of nitrogens with zero attached hydrogens (tertiary/aromatic N) is 3. The van der Waals surface area contributed by atoms with Gasteiger partial charge in [-0.3, -0.25) is 19.7 Å². The summed E-state index contributed by atoms with van der Waals surface area (Å²) in [6.45, 7) is 0.637. The minimum Gasteiger partial charge on any atom is -0.322 e. The number of hydrogen-bond donors (Lipinski definition) is 1. The van der Waals surface area contributed by atoms with E-state index < -0.39 is 44.3 Å². The minimum atomic E-state index is -4.09. The molecule has 12 heteroatoms. The van der Waals surface area contributed by atoms with Crippen LogP contribution in [0.15, 0.2) is 53.4 Å². The molecule has 2 fully saturated rings. The molecule has 10 nitrogen and oxygen atoms in total. The van der Waals surface area contributed by atoms with Gasteiger partial charge in [-0.25, -0.2) is 17.7 Å². The second kappa shape index (κ2) is 8.37. The lowest BCUT2D eigenvalue weighted by Gasteiger charge is -2.33. The lowest BCUT2D eigenvalue weighted by atomic mass is 10.2. The van der Waals surface area contributed by atoms with Crippen LogP contribution in [-0.2, 0) is 19.6 Å². The molecule has 2 aromatic rings. The average molecular weight is 463 g/mol. The Hall–Kier alpha value is -3.22. The first kappa shape index (κ1) is 22.0. The number of carbonyl (C=O) groups is 2. The normalized spacial score (nSPS) is 20.7. The SMILES string of the molecule is O=C1C[C@@H]([NH+]2CCN(S(=O)(=O)c3ccccc3[N+](=O)[O-])CC2)C(=O)N1c1ccc(F)cc1. The van der Waals surface area contributed by atoms with Gasteiger partial charge in [-0.15, -0.1) is 0 Å². The van der Waals surface area contributed by atoms with Crippen LogP contribution in [0.25, 0.3) is 0 Å². The number of hydrogen-bond acceptors (Lipinski definition) is 6. The summed E-state index contributed by atoms with van der Waals surface area (Å²) in [5.41, 5.74) is -0.199. The van der Waals surface area contributed by atoms with Crippen molar-refractivity contribution in [2.24, 2.45) is 0 Å². The first-order valence-electron chi connectivity index (χ1n) is 9.90. The Morgan fingerprint density at radius 3 is 2.28 bits per heavy atom. The smallest absolute Gasteiger partial charge is 0.292 e. The van der Waals surface area contributed by atoms with Crippen molar-refractivity contribution >= 4 is 33.2 Å². The predicted molar refractivity (Wildman–Crippen MR) is 110 cm³/mol. The number of nitrogens with one attached hydrogen (secondary N) is 1. The third-order valence-corrected chi connectivity index (χ3v) is 7.71. The van der Waals surface area contributed by atoms with E-state index in [-0.39, 0.29) is 37.5 Å². The maximum absolute atomic E-state index is 13.2. The van der Waals surface area contributed by atoms with Gasteiger partial charge in [0.25, 0.3) is 11.6 Å². The monoisotopic (exact) mass is 463 g/mol. The number of quaternary nitrogens is 1. The Kier molecular flexibility index (Phi) is 5.75. The minimum absolute atomic E-state index is 0.0253. The predicted octanol–water partition coefficient (Wildman–Crippen LogP) is -0.0448. The van der Waals surface area contributed by atoms with Crippen molar-refractivity contribution in [3.8, 4) is 0 Å². The van der Waals surface area contributed by atoms with E-state index in [9.17, 15) is 32.5 Å². The summed E-state index contributed by atoms with van der Waals surface area (Å²) >= 11 is 0. The average Bonchev–Trinajstić information content (AvgIpc) is 3.08. The molecule has 2 amide bonds. The number of imide groups is 1. The molecule has 2 aliphatic heterocycles. The Bertz CT molecular complexity index is 1180. The van der Waals surface area contributed by atoms with E-state index in [2.05, 4.69) is 0 Å². The number of piperazine rings is 1. The van der Waals surface area contributed by atoms with Crippen LogP contribution < -0.4 is 9.80 Å². The van der Waals surface area contributed by atoms with Gasteiger partial charge in [0, 0.05) is 6.07 Å². The summed E-state index contributed by atoms with van der Waals surface area (Å²) in [4.78, 5) is 37.3. The van der Waals surface area contributed by atoms with Crippen LogP contribution in [0.1, 0.15) is 6.42 Å². The number of anilines is 1. The van der Waals surface area contributed by atoms with E-state index in [0.29, 0.717) is 5.69 Å². The van der Waals surface area contributed by atoms with E-state index in [1.807, 2.05) is 0 Å². The number of halogens is 1. The van der Waals surface area contributed by atoms with E-state index in [1.165, 1.54) is 42.5 Å². The Morgan fingerprint density at radius 1 is 1.03 bits per heavy atom. The molecule has 0 aromatic heterocycles. The highest BCUT2D eigenvalue weighted by Crippen LogP contribution is 2.26. The molecule has 0 bridgehead atoms. The van der Waals surface area contributed by atoms with Gasteiger partial charge in [-0.2, -0.15) is 4.31 Å². The zero-order valence-electron chi connectivity index (χ0n) is 16.8. The van der Waals surface area contributed by atoms with Gasteiger partial charge in [0.1, 0.15) is 5.82 Å². The van der Waals surface area contributed by atoms with Crippen molar-refractivity contribution in [1.82, 2.24) is 4.31 Å². The molecule has 2 aliphatic rings. The lowest BCUT2D eigenvalue weighted by molar-refractivity contribution is -0.918. The first-order chi connectivity index (χ1) is 15.2. The highest BCUT2D eigenvalue weighted by Gasteiger charge is 2.47. The second-order valence-corrected chi connectivity index (χ2v) is 9.49. The Balaban J connectivity index is 1.47. The second-order valence-electron chi connectivity index (χ2n) is 7.59. The summed E-state index contributed by atoms with van der Waals surface area (Å²) in [5.74, 6) is -1.29. The molecule has 2 saturated heterocycles. The van der Waals surface area contributed by atoms with Gasteiger partial charge < -0.3 is 4.90 Å². The lowest BCUT2D eigenvalue weighted by Crippen LogP contribution is -3.19. The van der Waals surface area contributed by atoms with E-state index in [0.717, 1.165) is 20.2 Å². The molecule has 1 atom stereocenters. The van der Waals surface area contributed by atoms with E-state index in [4.69, 9.17) is 0 Å². The fraction of sp³-hybridized carbons (Fsp3) is 0.300. The van der Waals surface area contributed by atoms with Crippen LogP contribution in [0.4, 0.5) is 15.8 Å². The fourth-order valence-corrected chi connectivity index (χ4v) is 5.74. The Labute approximate surface area is 183 Å². The zero-order valence-corrected chi connectivity index (χ0v) is 17.6. The molecule has 0 unspecified atom stereocenters. The number of nitro groups is 1. The molecule has 2 aromatic carbocycles. The molecule has 0 radical (unpaired) electrons. The number of amides is 2. The van der Waals surface area contributed by atoms with Crippen molar-refractivity contribution in [3.63, 3.8) is 0 Å². The van der Waals surface area contributed by atoms with Gasteiger partial charge in [0.05, 0.1) is 43.2 Å². The van der Waals surface area contributed by atoms with Crippen LogP contribution in [-0.4, -0.2) is 61.7 Å². The third kappa shape index (κ3) is 3.87. The molecular weight excluding hydrogens is 443 g/mol. The number of carbonyl (C=O) groups excluding carboxylic acids is 2. The van der Waals surface area contributed by atoms with Gasteiger partial charge in [-0.1, -0.05) is 12.1 Å². The number of para-hydroxylation sites is 1. The molecule has 0 saturated carbocycles. The summed E-state index contributed by atoms with van der Waals surface area (Å²) in [6, 6.07) is 9.56. The van der Waals surface area contributed by atoms with Crippen LogP contribution in [0, 0.1) is 15.9 Å². The van der Waals surface area contributed by atoms with Crippen LogP contribution in [0.2, 0.25) is 0 Å². The summed E-state index contributed by atoms with van der Waals surface area (Å²) in [7, 11) is -4.09. The van der Waals surface area contributed by atoms with Crippen molar-refractivity contribution < 1.29 is 32.2 Å². The first-order valence-corrected chi connectivity index (χ1v) is 11.3. The summed E-state index contributed by atoms with van der Waals surface area (Å²) in [5, 5.41) is 11.2. The van der Waals surface area contributed by atoms with Crippen molar-refractivity contribution in [2.75, 3.05) is 31.1 Å². The van der Waals surface area contributed by atoms with Crippen molar-refractivity contribution in [3.05, 3.63) is 64.5 Å². The highest BCUT2D eigenvalue weighted by molar-refractivity contribution is 7.89. The molecule has 0 spiro atoms. The van der Waals surface area contributed by atoms with Gasteiger partial charge in [0.15, 0.2) is 10.9 Å². The molecule has 0 aliphatic carbocycles. The topological polar surface area (TPSA) is 122 Å². The standard InChI is InChI=1S/C20H19FN4O6S/c21-14-5-7-15(8-6-14)24-19(26)13-17(20(24)27)22-9-11-23(12-10-22)32(30,31)18-4-2-1-3-16(18)25(28)29/h1-8,17H,9-13H2/p+1/t17-/m1/s1. The largest absolute Gasteiger partial charge is 0.322 e. The number of sulfonamides is 1. The highest BCUT2D eigenvalue weighted by atomic mass is 32.2. The summed E-state index contributed by atoms with van der Waals surface area (Å²) < 4.78 is 40.3. The van der Waals surface area contributed by atoms with Crippen molar-refractivity contribution in [1.29, 1.82) is 0 Å². The molecular formula is C20H20FN4O6S+. The maximum Gasteiger partial charge on any atom is 0.292 e. The van der Waals surface area contributed by atoms with Crippen LogP contribution in [0.3, 0.4) is 0 Å². The molecule has 168 valence electrons. The molecule has 1 N–H and O–H groups in total. The van der Waals surface area contributed by atoms with Crippen LogP contribution >= 0.6 is 0 Å². The summed E-state index contributed by atoms with van der Waals surface area (Å²) in [6.07, 6.45) is -0.0253. The van der Waals surface area contributed by atoms with Gasteiger partial charge >= 0.3 is 0 Å². The number of nitro benzene ring substituents is 1. The quantitative estimate of drug-likeness (QED) is 0.377. The maximum atomic E-state index is 13.2. The number of rotatable bonds is 5. The zero-order chi connectivity index (χ0) is 23.0. The fourth-order valence-electron chi connectivity index (χ4n) is 4.14. The molecule has 4 rings (SSSR count). The third-order valence-electron chi connectivity index (χ3n) is 5.77. The van der Waals surface area contributed by atoms with E-state index >= 15 is 0 Å². The molecule has 2 heterocycles. The van der Waals surface area contributed by atoms with Crippen LogP contribution in [0.5, 0.6) is 0 Å². The number of benzene rings is 2. The van der Waals surface area contributed by atoms with Gasteiger partial charge in [0.2, 0.25) is 15.9 Å². The Morgan fingerprint density at radius 2 is 1.66 bits per heavy atom.